The molecule has 14 heavy (non-hydrogen) atoms. The fourth-order valence-corrected chi connectivity index (χ4v) is 2.04. The average molecular weight is 243 g/mol. The molecule has 0 heterocycles. The summed E-state index contributed by atoms with van der Waals surface area (Å²) in [5, 5.41) is -0.284. The molecule has 0 aromatic carbocycles. The first kappa shape index (κ1) is 13.8. The molecule has 3 heteroatoms. The Kier molecular flexibility index (Phi) is 5.02. The SMILES string of the molecule is C[Si](C)(C)C#CC(Cl)C#C[Si](C)(C)C. The summed E-state index contributed by atoms with van der Waals surface area (Å²) in [5.41, 5.74) is 6.46. The lowest BCUT2D eigenvalue weighted by Crippen LogP contribution is -2.18. The van der Waals surface area contributed by atoms with Crippen molar-refractivity contribution in [1.29, 1.82) is 0 Å². The van der Waals surface area contributed by atoms with Crippen molar-refractivity contribution in [2.75, 3.05) is 0 Å². The minimum atomic E-state index is -1.30. The van der Waals surface area contributed by atoms with Gasteiger partial charge in [0, 0.05) is 0 Å². The van der Waals surface area contributed by atoms with Crippen molar-refractivity contribution in [2.45, 2.75) is 44.7 Å². The molecule has 0 aliphatic carbocycles. The number of rotatable bonds is 0. The highest BCUT2D eigenvalue weighted by molar-refractivity contribution is 6.84. The summed E-state index contributed by atoms with van der Waals surface area (Å²) in [7, 11) is -2.59. The molecule has 78 valence electrons. The predicted molar refractivity (Wildman–Crippen MR) is 71.9 cm³/mol. The van der Waals surface area contributed by atoms with E-state index in [4.69, 9.17) is 11.6 Å². The molecule has 0 nitrogen and oxygen atoms in total. The van der Waals surface area contributed by atoms with Crippen molar-refractivity contribution < 1.29 is 0 Å². The van der Waals surface area contributed by atoms with Gasteiger partial charge in [-0.25, -0.2) is 0 Å². The van der Waals surface area contributed by atoms with Crippen molar-refractivity contribution in [3.8, 4) is 22.9 Å². The number of hydrogen-bond acceptors (Lipinski definition) is 0. The van der Waals surface area contributed by atoms with Crippen LogP contribution in [0.15, 0.2) is 0 Å². The third kappa shape index (κ3) is 9.93. The first-order chi connectivity index (χ1) is 6.10. The molecule has 0 bridgehead atoms. The Balaban J connectivity index is 4.42. The Morgan fingerprint density at radius 2 is 1.07 bits per heavy atom. The van der Waals surface area contributed by atoms with Crippen molar-refractivity contribution in [3.63, 3.8) is 0 Å². The summed E-state index contributed by atoms with van der Waals surface area (Å²) in [5.74, 6) is 6.04. The highest BCUT2D eigenvalue weighted by atomic mass is 35.5. The standard InChI is InChI=1S/C11H19ClSi2/c1-13(2,3)9-7-11(12)8-10-14(4,5)6/h11H,1-6H3. The number of alkyl halides is 1. The van der Waals surface area contributed by atoms with Gasteiger partial charge in [-0.1, -0.05) is 62.7 Å². The molecule has 0 unspecified atom stereocenters. The van der Waals surface area contributed by atoms with Gasteiger partial charge in [-0.2, -0.15) is 0 Å². The van der Waals surface area contributed by atoms with Crippen molar-refractivity contribution in [2.24, 2.45) is 0 Å². The molecule has 0 saturated heterocycles. The van der Waals surface area contributed by atoms with Gasteiger partial charge in [0.2, 0.25) is 0 Å². The smallest absolute Gasteiger partial charge is 0.129 e. The Morgan fingerprint density at radius 1 is 0.786 bits per heavy atom. The molecular weight excluding hydrogens is 224 g/mol. The van der Waals surface area contributed by atoms with E-state index in [9.17, 15) is 0 Å². The van der Waals surface area contributed by atoms with Gasteiger partial charge in [0.1, 0.15) is 16.1 Å². The van der Waals surface area contributed by atoms with Crippen LogP contribution >= 0.6 is 11.6 Å². The molecule has 0 aliphatic rings. The van der Waals surface area contributed by atoms with Crippen LogP contribution in [0.2, 0.25) is 39.3 Å². The third-order valence-electron chi connectivity index (χ3n) is 1.15. The van der Waals surface area contributed by atoms with Crippen molar-refractivity contribution in [3.05, 3.63) is 0 Å². The van der Waals surface area contributed by atoms with E-state index < -0.39 is 16.1 Å². The summed E-state index contributed by atoms with van der Waals surface area (Å²) in [6.07, 6.45) is 0. The van der Waals surface area contributed by atoms with Crippen LogP contribution in [-0.4, -0.2) is 21.5 Å². The monoisotopic (exact) mass is 242 g/mol. The molecule has 0 radical (unpaired) electrons. The fraction of sp³-hybridized carbons (Fsp3) is 0.636. The van der Waals surface area contributed by atoms with Crippen LogP contribution in [0.5, 0.6) is 0 Å². The summed E-state index contributed by atoms with van der Waals surface area (Å²) < 4.78 is 0. The van der Waals surface area contributed by atoms with Gasteiger partial charge in [0.25, 0.3) is 0 Å². The maximum Gasteiger partial charge on any atom is 0.153 e. The lowest BCUT2D eigenvalue weighted by Gasteiger charge is -2.05. The lowest BCUT2D eigenvalue weighted by atomic mass is 10.5. The summed E-state index contributed by atoms with van der Waals surface area (Å²) in [6.45, 7) is 13.2. The van der Waals surface area contributed by atoms with Crippen LogP contribution in [0.25, 0.3) is 0 Å². The van der Waals surface area contributed by atoms with Crippen LogP contribution in [0.3, 0.4) is 0 Å². The highest BCUT2D eigenvalue weighted by Crippen LogP contribution is 2.01. The van der Waals surface area contributed by atoms with Crippen LogP contribution in [0, 0.1) is 22.9 Å². The van der Waals surface area contributed by atoms with Crippen molar-refractivity contribution in [1.82, 2.24) is 0 Å². The predicted octanol–water partition coefficient (Wildman–Crippen LogP) is 3.36. The second-order valence-corrected chi connectivity index (χ2v) is 15.3. The van der Waals surface area contributed by atoms with Crippen LogP contribution < -0.4 is 0 Å². The van der Waals surface area contributed by atoms with Gasteiger partial charge in [-0.3, -0.25) is 0 Å². The zero-order valence-corrected chi connectivity index (χ0v) is 12.7. The molecular formula is C11H19ClSi2. The molecule has 0 aromatic rings. The summed E-state index contributed by atoms with van der Waals surface area (Å²) in [6, 6.07) is 0. The zero-order valence-electron chi connectivity index (χ0n) is 9.96. The van der Waals surface area contributed by atoms with Gasteiger partial charge in [0.15, 0.2) is 5.38 Å². The Labute approximate surface area is 95.5 Å². The van der Waals surface area contributed by atoms with Gasteiger partial charge in [-0.15, -0.1) is 11.1 Å². The average Bonchev–Trinajstić information content (AvgIpc) is 1.94. The van der Waals surface area contributed by atoms with E-state index in [0.717, 1.165) is 0 Å². The molecule has 0 rings (SSSR count). The quantitative estimate of drug-likeness (QED) is 0.347. The molecule has 0 amide bonds. The largest absolute Gasteiger partial charge is 0.153 e. The van der Waals surface area contributed by atoms with Crippen molar-refractivity contribution >= 4 is 27.7 Å². The topological polar surface area (TPSA) is 0 Å². The normalized spacial score (nSPS) is 11.4. The molecule has 0 spiro atoms. The van der Waals surface area contributed by atoms with Gasteiger partial charge >= 0.3 is 0 Å². The second-order valence-electron chi connectivity index (χ2n) is 5.40. The molecule has 0 atom stereocenters. The Hall–Kier alpha value is -0.156. The fourth-order valence-electron chi connectivity index (χ4n) is 0.596. The van der Waals surface area contributed by atoms with Gasteiger partial charge < -0.3 is 0 Å². The first-order valence-corrected chi connectivity index (χ1v) is 12.2. The number of halogens is 1. The minimum Gasteiger partial charge on any atom is -0.129 e. The maximum atomic E-state index is 5.99. The van der Waals surface area contributed by atoms with Crippen LogP contribution in [-0.2, 0) is 0 Å². The van der Waals surface area contributed by atoms with Crippen LogP contribution in [0.1, 0.15) is 0 Å². The third-order valence-corrected chi connectivity index (χ3v) is 3.15. The summed E-state index contributed by atoms with van der Waals surface area (Å²) >= 11 is 5.99. The molecule has 0 aliphatic heterocycles. The van der Waals surface area contributed by atoms with E-state index in [-0.39, 0.29) is 5.38 Å². The molecule has 0 aromatic heterocycles. The minimum absolute atomic E-state index is 0.284. The number of hydrogen-bond donors (Lipinski definition) is 0. The van der Waals surface area contributed by atoms with Gasteiger partial charge in [-0.05, 0) is 0 Å². The lowest BCUT2D eigenvalue weighted by molar-refractivity contribution is 1.56. The molecule has 0 N–H and O–H groups in total. The maximum absolute atomic E-state index is 5.99. The Bertz CT molecular complexity index is 267. The first-order valence-electron chi connectivity index (χ1n) is 4.80. The van der Waals surface area contributed by atoms with E-state index in [0.29, 0.717) is 0 Å². The van der Waals surface area contributed by atoms with E-state index in [2.05, 4.69) is 62.2 Å². The van der Waals surface area contributed by atoms with Crippen LogP contribution in [0.4, 0.5) is 0 Å². The second kappa shape index (κ2) is 5.07. The molecule has 0 saturated carbocycles. The van der Waals surface area contributed by atoms with E-state index in [1.165, 1.54) is 0 Å². The Morgan fingerprint density at radius 3 is 1.29 bits per heavy atom. The molecule has 0 fully saturated rings. The highest BCUT2D eigenvalue weighted by Gasteiger charge is 2.09. The van der Waals surface area contributed by atoms with E-state index >= 15 is 0 Å². The van der Waals surface area contributed by atoms with Gasteiger partial charge in [0.05, 0.1) is 0 Å². The van der Waals surface area contributed by atoms with E-state index in [1.807, 2.05) is 0 Å². The zero-order chi connectivity index (χ0) is 11.4. The van der Waals surface area contributed by atoms with E-state index in [1.54, 1.807) is 0 Å². The summed E-state index contributed by atoms with van der Waals surface area (Å²) in [4.78, 5) is 0.